The zero-order chi connectivity index (χ0) is 32.4. The van der Waals surface area contributed by atoms with E-state index in [0.717, 1.165) is 24.3 Å². The van der Waals surface area contributed by atoms with Crippen molar-refractivity contribution >= 4 is 43.6 Å². The van der Waals surface area contributed by atoms with Crippen molar-refractivity contribution in [3.63, 3.8) is 0 Å². The van der Waals surface area contributed by atoms with Gasteiger partial charge in [-0.2, -0.15) is 46.9 Å². The number of fused-ring (bicyclic) bond motifs is 6. The van der Waals surface area contributed by atoms with E-state index in [2.05, 4.69) is 9.98 Å². The van der Waals surface area contributed by atoms with Crippen LogP contribution in [0.15, 0.2) is 94.9 Å². The number of alkyl halides is 6. The molecule has 1 aromatic heterocycles. The average molecular weight is 621 g/mol. The van der Waals surface area contributed by atoms with Gasteiger partial charge in [-0.05, 0) is 58.7 Å². The third kappa shape index (κ3) is 4.59. The predicted molar refractivity (Wildman–Crippen MR) is 158 cm³/mol. The van der Waals surface area contributed by atoms with Gasteiger partial charge in [0.05, 0.1) is 22.2 Å². The van der Waals surface area contributed by atoms with E-state index in [1.807, 2.05) is 0 Å². The van der Waals surface area contributed by atoms with Gasteiger partial charge in [0, 0.05) is 21.5 Å². The Morgan fingerprint density at radius 3 is 1.13 bits per heavy atom. The van der Waals surface area contributed by atoms with Crippen molar-refractivity contribution in [2.24, 2.45) is 9.98 Å². The molecule has 0 spiro atoms. The summed E-state index contributed by atoms with van der Waals surface area (Å²) in [5.41, 5.74) is 1.92. The van der Waals surface area contributed by atoms with E-state index in [4.69, 9.17) is 9.97 Å². The number of rotatable bonds is 2. The van der Waals surface area contributed by atoms with Crippen LogP contribution < -0.4 is 10.7 Å². The van der Waals surface area contributed by atoms with Crippen molar-refractivity contribution in [3.8, 4) is 34.6 Å². The molecule has 0 radical (unpaired) electrons. The number of aromatic nitrogens is 2. The fraction of sp³-hybridized carbons (Fsp3) is 0.0588. The molecule has 0 saturated carbocycles. The Balaban J connectivity index is 1.48. The van der Waals surface area contributed by atoms with Crippen molar-refractivity contribution in [3.05, 3.63) is 107 Å². The molecule has 7 aromatic rings. The summed E-state index contributed by atoms with van der Waals surface area (Å²) in [5, 5.41) is 21.6. The van der Waals surface area contributed by atoms with E-state index in [-0.39, 0.29) is 21.7 Å². The van der Waals surface area contributed by atoms with E-state index in [1.54, 1.807) is 48.8 Å². The van der Waals surface area contributed by atoms with Gasteiger partial charge in [-0.15, -0.1) is 0 Å². The number of nitriles is 2. The van der Waals surface area contributed by atoms with Crippen molar-refractivity contribution < 1.29 is 26.3 Å². The van der Waals surface area contributed by atoms with Crippen LogP contribution in [0.5, 0.6) is 0 Å². The molecule has 0 atom stereocenters. The minimum atomic E-state index is -4.48. The van der Waals surface area contributed by atoms with Gasteiger partial charge in [-0.25, -0.2) is 9.97 Å². The highest BCUT2D eigenvalue weighted by Gasteiger charge is 2.31. The van der Waals surface area contributed by atoms with Crippen LogP contribution in [0.1, 0.15) is 11.1 Å². The maximum Gasteiger partial charge on any atom is 0.416 e. The summed E-state index contributed by atoms with van der Waals surface area (Å²) >= 11 is 0. The first-order valence-corrected chi connectivity index (χ1v) is 13.5. The molecule has 46 heavy (non-hydrogen) atoms. The lowest BCUT2D eigenvalue weighted by atomic mass is 10.0. The Labute approximate surface area is 254 Å². The van der Waals surface area contributed by atoms with Gasteiger partial charge in [0.15, 0.2) is 0 Å². The number of benzene rings is 4. The highest BCUT2D eigenvalue weighted by molar-refractivity contribution is 6.15. The molecule has 0 bridgehead atoms. The SMILES string of the molecule is N#CN=c1c2ccc(-c3ccc(C(F)(F)F)cc3)cc2c2nc3c(=NC#N)c4ccc(-c5ccc(C(F)(F)F)cc5)cc4c3nc12. The van der Waals surface area contributed by atoms with E-state index in [1.165, 1.54) is 24.3 Å². The minimum absolute atomic E-state index is 0.243. The molecule has 6 nitrogen and oxygen atoms in total. The Kier molecular flexibility index (Phi) is 6.35. The summed E-state index contributed by atoms with van der Waals surface area (Å²) in [6, 6.07) is 19.6. The molecule has 0 unspecified atom stereocenters. The molecule has 0 aliphatic carbocycles. The molecule has 0 N–H and O–H groups in total. The van der Waals surface area contributed by atoms with Crippen LogP contribution in [0, 0.1) is 22.9 Å². The zero-order valence-corrected chi connectivity index (χ0v) is 23.0. The summed E-state index contributed by atoms with van der Waals surface area (Å²) < 4.78 is 78.7. The van der Waals surface area contributed by atoms with Crippen LogP contribution in [0.2, 0.25) is 0 Å². The van der Waals surface area contributed by atoms with Gasteiger partial charge in [0.2, 0.25) is 12.4 Å². The first kappa shape index (κ1) is 28.6. The third-order valence-electron chi connectivity index (χ3n) is 7.82. The summed E-state index contributed by atoms with van der Waals surface area (Å²) in [6.45, 7) is 0. The molecule has 0 aliphatic rings. The van der Waals surface area contributed by atoms with Gasteiger partial charge in [-0.1, -0.05) is 48.5 Å². The van der Waals surface area contributed by atoms with Crippen LogP contribution >= 0.6 is 0 Å². The predicted octanol–water partition coefficient (Wildman–Crippen LogP) is 8.10. The second kappa shape index (κ2) is 10.2. The molecule has 1 heterocycles. The summed E-state index contributed by atoms with van der Waals surface area (Å²) in [7, 11) is 0. The van der Waals surface area contributed by atoms with Crippen molar-refractivity contribution in [1.82, 2.24) is 9.97 Å². The van der Waals surface area contributed by atoms with Crippen molar-refractivity contribution in [2.45, 2.75) is 12.4 Å². The van der Waals surface area contributed by atoms with E-state index >= 15 is 0 Å². The molecule has 0 saturated heterocycles. The first-order chi connectivity index (χ1) is 22.0. The minimum Gasteiger partial charge on any atom is -0.241 e. The normalized spacial score (nSPS) is 13.2. The monoisotopic (exact) mass is 620 g/mol. The molecule has 12 heteroatoms. The Hall–Kier alpha value is -6.14. The summed E-state index contributed by atoms with van der Waals surface area (Å²) in [5.74, 6) is 0. The van der Waals surface area contributed by atoms with Crippen molar-refractivity contribution in [1.29, 1.82) is 10.5 Å². The second-order valence-electron chi connectivity index (χ2n) is 10.4. The van der Waals surface area contributed by atoms with E-state index in [0.29, 0.717) is 54.8 Å². The van der Waals surface area contributed by atoms with Crippen LogP contribution in [-0.2, 0) is 12.4 Å². The Bertz CT molecular complexity index is 2380. The Morgan fingerprint density at radius 2 is 0.804 bits per heavy atom. The topological polar surface area (TPSA) is 98.1 Å². The van der Waals surface area contributed by atoms with Gasteiger partial charge in [0.1, 0.15) is 21.7 Å². The average Bonchev–Trinajstić information content (AvgIpc) is 3.50. The van der Waals surface area contributed by atoms with Gasteiger partial charge in [0.25, 0.3) is 0 Å². The number of hydrogen-bond acceptors (Lipinski definition) is 6. The van der Waals surface area contributed by atoms with E-state index < -0.39 is 23.5 Å². The van der Waals surface area contributed by atoms with Crippen LogP contribution in [0.3, 0.4) is 0 Å². The largest absolute Gasteiger partial charge is 0.416 e. The lowest BCUT2D eigenvalue weighted by Crippen LogP contribution is -2.04. The third-order valence-corrected chi connectivity index (χ3v) is 7.82. The maximum absolute atomic E-state index is 13.1. The number of halogens is 6. The fourth-order valence-electron chi connectivity index (χ4n) is 5.68. The standard InChI is InChI=1S/C34H14F6N6/c35-33(36,37)21-7-1-17(2-8-21)19-5-11-23-25(13-19)29-31(27(23)43-15-41)46-30-26-14-20(18-3-9-22(10-4-18)34(38,39)40)6-12-24(26)28(44-16-42)32(30)45-29/h1-14H. The number of hydrogen-bond donors (Lipinski definition) is 0. The summed E-state index contributed by atoms with van der Waals surface area (Å²) in [6.07, 6.45) is -5.39. The molecule has 0 aliphatic heterocycles. The molecule has 7 rings (SSSR count). The molecule has 0 fully saturated rings. The Morgan fingerprint density at radius 1 is 0.457 bits per heavy atom. The smallest absolute Gasteiger partial charge is 0.241 e. The summed E-state index contributed by atoms with van der Waals surface area (Å²) in [4.78, 5) is 17.7. The van der Waals surface area contributed by atoms with Gasteiger partial charge >= 0.3 is 12.4 Å². The van der Waals surface area contributed by atoms with Gasteiger partial charge < -0.3 is 0 Å². The van der Waals surface area contributed by atoms with Crippen LogP contribution in [0.4, 0.5) is 26.3 Å². The fourth-order valence-corrected chi connectivity index (χ4v) is 5.68. The molecule has 6 aromatic carbocycles. The molecule has 222 valence electrons. The lowest BCUT2D eigenvalue weighted by molar-refractivity contribution is -0.138. The van der Waals surface area contributed by atoms with Gasteiger partial charge in [-0.3, -0.25) is 0 Å². The quantitative estimate of drug-likeness (QED) is 0.144. The highest BCUT2D eigenvalue weighted by Crippen LogP contribution is 2.35. The highest BCUT2D eigenvalue weighted by atomic mass is 19.4. The maximum atomic E-state index is 13.1. The lowest BCUT2D eigenvalue weighted by Gasteiger charge is -2.08. The molecule has 0 amide bonds. The van der Waals surface area contributed by atoms with Crippen LogP contribution in [0.25, 0.3) is 65.9 Å². The number of nitrogens with zero attached hydrogens (tertiary/aromatic N) is 6. The van der Waals surface area contributed by atoms with E-state index in [9.17, 15) is 36.9 Å². The molecular weight excluding hydrogens is 606 g/mol. The molecular formula is C34H14F6N6. The van der Waals surface area contributed by atoms with Crippen LogP contribution in [-0.4, -0.2) is 9.97 Å². The first-order valence-electron chi connectivity index (χ1n) is 13.5. The zero-order valence-electron chi connectivity index (χ0n) is 23.0. The second-order valence-corrected chi connectivity index (χ2v) is 10.4. The van der Waals surface area contributed by atoms with Crippen molar-refractivity contribution in [2.75, 3.05) is 0 Å².